The van der Waals surface area contributed by atoms with Crippen LogP contribution in [0.4, 0.5) is 0 Å². The van der Waals surface area contributed by atoms with Crippen LogP contribution < -0.4 is 5.32 Å². The van der Waals surface area contributed by atoms with E-state index in [0.29, 0.717) is 0 Å². The summed E-state index contributed by atoms with van der Waals surface area (Å²) in [6.45, 7) is 5.46. The molecule has 1 N–H and O–H groups in total. The highest BCUT2D eigenvalue weighted by molar-refractivity contribution is 5.80. The minimum Gasteiger partial charge on any atom is -0.363 e. The highest BCUT2D eigenvalue weighted by atomic mass is 16.5. The average Bonchev–Trinajstić information content (AvgIpc) is 2.62. The summed E-state index contributed by atoms with van der Waals surface area (Å²) in [4.78, 5) is 13.7. The molecular formula is C10H18N2O2. The molecule has 2 saturated heterocycles. The van der Waals surface area contributed by atoms with Crippen LogP contribution in [0.15, 0.2) is 0 Å². The van der Waals surface area contributed by atoms with Crippen molar-refractivity contribution in [2.75, 3.05) is 26.2 Å². The van der Waals surface area contributed by atoms with Crippen molar-refractivity contribution in [1.82, 2.24) is 10.2 Å². The Labute approximate surface area is 84.6 Å². The van der Waals surface area contributed by atoms with E-state index in [1.54, 1.807) is 0 Å². The molecule has 0 aromatic rings. The van der Waals surface area contributed by atoms with Crippen molar-refractivity contribution >= 4 is 5.91 Å². The molecule has 0 spiro atoms. The van der Waals surface area contributed by atoms with Gasteiger partial charge in [0, 0.05) is 26.2 Å². The third-order valence-corrected chi connectivity index (χ3v) is 2.91. The Morgan fingerprint density at radius 2 is 2.07 bits per heavy atom. The Hall–Kier alpha value is -0.610. The maximum Gasteiger partial charge on any atom is 0.251 e. The average molecular weight is 198 g/mol. The fourth-order valence-electron chi connectivity index (χ4n) is 1.90. The zero-order valence-electron chi connectivity index (χ0n) is 8.66. The Kier molecular flexibility index (Phi) is 3.03. The molecule has 4 heteroatoms. The Morgan fingerprint density at radius 3 is 2.57 bits per heavy atom. The van der Waals surface area contributed by atoms with Crippen molar-refractivity contribution in [3.05, 3.63) is 0 Å². The molecule has 1 amide bonds. The molecule has 0 aromatic heterocycles. The smallest absolute Gasteiger partial charge is 0.251 e. The number of nitrogens with zero attached hydrogens (tertiary/aromatic N) is 1. The first-order valence-electron chi connectivity index (χ1n) is 5.42. The van der Waals surface area contributed by atoms with Gasteiger partial charge in [-0.1, -0.05) is 0 Å². The predicted octanol–water partition coefficient (Wildman–Crippen LogP) is -0.0143. The summed E-state index contributed by atoms with van der Waals surface area (Å²) in [5.74, 6) is 0.161. The lowest BCUT2D eigenvalue weighted by Gasteiger charge is -2.31. The molecule has 0 aromatic carbocycles. The van der Waals surface area contributed by atoms with Gasteiger partial charge in [-0.15, -0.1) is 0 Å². The van der Waals surface area contributed by atoms with Gasteiger partial charge in [-0.3, -0.25) is 4.79 Å². The molecule has 1 atom stereocenters. The van der Waals surface area contributed by atoms with Gasteiger partial charge in [0.1, 0.15) is 6.10 Å². The van der Waals surface area contributed by atoms with Gasteiger partial charge in [0.05, 0.1) is 6.10 Å². The van der Waals surface area contributed by atoms with E-state index < -0.39 is 0 Å². The van der Waals surface area contributed by atoms with Crippen LogP contribution in [-0.4, -0.2) is 49.2 Å². The van der Waals surface area contributed by atoms with Crippen molar-refractivity contribution in [3.8, 4) is 0 Å². The minimum absolute atomic E-state index is 0.161. The van der Waals surface area contributed by atoms with Gasteiger partial charge in [0.2, 0.25) is 0 Å². The topological polar surface area (TPSA) is 41.6 Å². The van der Waals surface area contributed by atoms with Gasteiger partial charge in [0.15, 0.2) is 0 Å². The summed E-state index contributed by atoms with van der Waals surface area (Å²) in [5.41, 5.74) is 0. The van der Waals surface area contributed by atoms with E-state index in [4.69, 9.17) is 4.74 Å². The first kappa shape index (κ1) is 9.93. The van der Waals surface area contributed by atoms with Crippen LogP contribution in [0, 0.1) is 0 Å². The van der Waals surface area contributed by atoms with Crippen LogP contribution in [0.3, 0.4) is 0 Å². The third-order valence-electron chi connectivity index (χ3n) is 2.91. The number of likely N-dealkylation sites (tertiary alicyclic amines) is 1. The summed E-state index contributed by atoms with van der Waals surface area (Å²) in [7, 11) is 0. The van der Waals surface area contributed by atoms with Gasteiger partial charge in [-0.2, -0.15) is 0 Å². The molecule has 0 aliphatic carbocycles. The molecular weight excluding hydrogens is 180 g/mol. The van der Waals surface area contributed by atoms with Crippen LogP contribution in [0.1, 0.15) is 19.8 Å². The molecule has 2 fully saturated rings. The van der Waals surface area contributed by atoms with Crippen LogP contribution >= 0.6 is 0 Å². The van der Waals surface area contributed by atoms with Crippen LogP contribution in [0.2, 0.25) is 0 Å². The molecule has 1 unspecified atom stereocenters. The van der Waals surface area contributed by atoms with Crippen LogP contribution in [0.25, 0.3) is 0 Å². The number of hydrogen-bond acceptors (Lipinski definition) is 3. The first-order valence-corrected chi connectivity index (χ1v) is 5.42. The normalized spacial score (nSPS) is 24.8. The summed E-state index contributed by atoms with van der Waals surface area (Å²) >= 11 is 0. The van der Waals surface area contributed by atoms with E-state index in [9.17, 15) is 4.79 Å². The lowest BCUT2D eigenvalue weighted by Crippen LogP contribution is -2.51. The number of hydrogen-bond donors (Lipinski definition) is 1. The molecule has 2 aliphatic rings. The highest BCUT2D eigenvalue weighted by Gasteiger charge is 2.27. The second kappa shape index (κ2) is 4.28. The van der Waals surface area contributed by atoms with E-state index in [1.807, 2.05) is 11.8 Å². The molecule has 14 heavy (non-hydrogen) atoms. The summed E-state index contributed by atoms with van der Waals surface area (Å²) < 4.78 is 5.61. The van der Waals surface area contributed by atoms with Gasteiger partial charge in [-0.25, -0.2) is 0 Å². The van der Waals surface area contributed by atoms with Crippen LogP contribution in [0.5, 0.6) is 0 Å². The van der Waals surface area contributed by atoms with Gasteiger partial charge >= 0.3 is 0 Å². The molecule has 2 heterocycles. The Bertz CT molecular complexity index is 210. The fraction of sp³-hybridized carbons (Fsp3) is 0.900. The summed E-state index contributed by atoms with van der Waals surface area (Å²) in [6, 6.07) is 0. The van der Waals surface area contributed by atoms with E-state index >= 15 is 0 Å². The van der Waals surface area contributed by atoms with Crippen molar-refractivity contribution in [2.24, 2.45) is 0 Å². The standard InChI is InChI=1S/C10H18N2O2/c1-8(14-9-6-11-7-9)10(13)12-4-2-3-5-12/h8-9,11H,2-7H2,1H3. The van der Waals surface area contributed by atoms with Crippen molar-refractivity contribution in [3.63, 3.8) is 0 Å². The number of nitrogens with one attached hydrogen (secondary N) is 1. The molecule has 80 valence electrons. The minimum atomic E-state index is -0.264. The number of carbonyl (C=O) groups excluding carboxylic acids is 1. The number of rotatable bonds is 3. The molecule has 2 aliphatic heterocycles. The molecule has 0 saturated carbocycles. The van der Waals surface area contributed by atoms with Gasteiger partial charge in [0.25, 0.3) is 5.91 Å². The quantitative estimate of drug-likeness (QED) is 0.693. The fourth-order valence-corrected chi connectivity index (χ4v) is 1.90. The number of ether oxygens (including phenoxy) is 1. The van der Waals surface area contributed by atoms with Crippen molar-refractivity contribution in [2.45, 2.75) is 32.0 Å². The Morgan fingerprint density at radius 1 is 1.43 bits per heavy atom. The lowest BCUT2D eigenvalue weighted by atomic mass is 10.2. The number of amides is 1. The SMILES string of the molecule is CC(OC1CNC1)C(=O)N1CCCC1. The third kappa shape index (κ3) is 2.07. The molecule has 0 bridgehead atoms. The summed E-state index contributed by atoms with van der Waals surface area (Å²) in [5, 5.41) is 3.13. The molecule has 0 radical (unpaired) electrons. The second-order valence-corrected chi connectivity index (χ2v) is 4.09. The monoisotopic (exact) mass is 198 g/mol. The number of carbonyl (C=O) groups is 1. The van der Waals surface area contributed by atoms with Gasteiger partial charge in [-0.05, 0) is 19.8 Å². The van der Waals surface area contributed by atoms with E-state index in [1.165, 1.54) is 0 Å². The largest absolute Gasteiger partial charge is 0.363 e. The zero-order chi connectivity index (χ0) is 9.97. The predicted molar refractivity (Wildman–Crippen MR) is 53.0 cm³/mol. The maximum atomic E-state index is 11.8. The highest BCUT2D eigenvalue weighted by Crippen LogP contribution is 2.12. The summed E-state index contributed by atoms with van der Waals surface area (Å²) in [6.07, 6.45) is 2.27. The Balaban J connectivity index is 1.77. The van der Waals surface area contributed by atoms with Crippen molar-refractivity contribution < 1.29 is 9.53 Å². The first-order chi connectivity index (χ1) is 6.77. The lowest BCUT2D eigenvalue weighted by molar-refractivity contribution is -0.146. The molecule has 4 nitrogen and oxygen atoms in total. The van der Waals surface area contributed by atoms with Crippen molar-refractivity contribution in [1.29, 1.82) is 0 Å². The second-order valence-electron chi connectivity index (χ2n) is 4.09. The van der Waals surface area contributed by atoms with E-state index in [-0.39, 0.29) is 18.1 Å². The zero-order valence-corrected chi connectivity index (χ0v) is 8.66. The van der Waals surface area contributed by atoms with Crippen LogP contribution in [-0.2, 0) is 9.53 Å². The molecule has 2 rings (SSSR count). The maximum absolute atomic E-state index is 11.8. The van der Waals surface area contributed by atoms with E-state index in [0.717, 1.165) is 39.0 Å². The van der Waals surface area contributed by atoms with Gasteiger partial charge < -0.3 is 15.0 Å². The van der Waals surface area contributed by atoms with E-state index in [2.05, 4.69) is 5.32 Å².